The van der Waals surface area contributed by atoms with Crippen molar-refractivity contribution < 1.29 is 23.5 Å². The van der Waals surface area contributed by atoms with Crippen molar-refractivity contribution >= 4 is 28.6 Å². The Hall–Kier alpha value is -3.79. The largest absolute Gasteiger partial charge is 0.497 e. The lowest BCUT2D eigenvalue weighted by Gasteiger charge is -2.31. The summed E-state index contributed by atoms with van der Waals surface area (Å²) in [6, 6.07) is 10.3. The maximum absolute atomic E-state index is 13.0. The van der Waals surface area contributed by atoms with Gasteiger partial charge in [0.05, 0.1) is 19.7 Å². The molecule has 1 aliphatic heterocycles. The van der Waals surface area contributed by atoms with Gasteiger partial charge in [0.2, 0.25) is 5.91 Å². The first-order valence-corrected chi connectivity index (χ1v) is 11.9. The zero-order chi connectivity index (χ0) is 25.8. The quantitative estimate of drug-likeness (QED) is 0.511. The number of ether oxygens (including phenoxy) is 2. The third-order valence-electron chi connectivity index (χ3n) is 6.46. The first kappa shape index (κ1) is 25.3. The number of nitrogens with one attached hydrogen (secondary N) is 1. The first-order valence-electron chi connectivity index (χ1n) is 11.9. The zero-order valence-corrected chi connectivity index (χ0v) is 21.1. The van der Waals surface area contributed by atoms with E-state index >= 15 is 0 Å². The number of oxazole rings is 1. The van der Waals surface area contributed by atoms with Crippen LogP contribution in [-0.4, -0.2) is 74.1 Å². The maximum atomic E-state index is 13.0. The lowest BCUT2D eigenvalue weighted by Crippen LogP contribution is -2.41. The van der Waals surface area contributed by atoms with Crippen molar-refractivity contribution in [2.45, 2.75) is 19.4 Å². The van der Waals surface area contributed by atoms with Crippen LogP contribution in [-0.2, 0) is 11.3 Å². The van der Waals surface area contributed by atoms with E-state index in [4.69, 9.17) is 13.9 Å². The number of hydrogen-bond acceptors (Lipinski definition) is 7. The first-order chi connectivity index (χ1) is 17.3. The van der Waals surface area contributed by atoms with Gasteiger partial charge in [-0.3, -0.25) is 14.2 Å². The number of aromatic nitrogens is 1. The third-order valence-corrected chi connectivity index (χ3v) is 6.46. The highest BCUT2D eigenvalue weighted by molar-refractivity contribution is 5.96. The second-order valence-corrected chi connectivity index (χ2v) is 9.16. The Morgan fingerprint density at radius 2 is 1.72 bits per heavy atom. The molecule has 10 nitrogen and oxygen atoms in total. The molecule has 0 unspecified atom stereocenters. The molecule has 10 heteroatoms. The molecular formula is C26H32N4O6. The van der Waals surface area contributed by atoms with Crippen molar-refractivity contribution in [1.29, 1.82) is 0 Å². The van der Waals surface area contributed by atoms with Gasteiger partial charge in [0.25, 0.3) is 5.91 Å². The topological polar surface area (TPSA) is 106 Å². The van der Waals surface area contributed by atoms with Crippen LogP contribution in [0.5, 0.6) is 11.5 Å². The van der Waals surface area contributed by atoms with Crippen molar-refractivity contribution in [2.75, 3.05) is 53.3 Å². The third kappa shape index (κ3) is 5.54. The van der Waals surface area contributed by atoms with Gasteiger partial charge < -0.3 is 29.0 Å². The number of anilines is 1. The molecule has 1 aromatic heterocycles. The Bertz CT molecular complexity index is 1280. The molecule has 0 aliphatic carbocycles. The van der Waals surface area contributed by atoms with Gasteiger partial charge in [0, 0.05) is 49.4 Å². The van der Waals surface area contributed by atoms with Gasteiger partial charge in [-0.2, -0.15) is 0 Å². The number of carbonyl (C=O) groups is 2. The maximum Gasteiger partial charge on any atom is 0.419 e. The molecule has 0 spiro atoms. The van der Waals surface area contributed by atoms with Crippen molar-refractivity contribution in [3.8, 4) is 11.5 Å². The van der Waals surface area contributed by atoms with Gasteiger partial charge in [0.15, 0.2) is 5.58 Å². The van der Waals surface area contributed by atoms with Crippen LogP contribution in [0.4, 0.5) is 5.69 Å². The van der Waals surface area contributed by atoms with E-state index in [9.17, 15) is 14.4 Å². The molecule has 192 valence electrons. The minimum atomic E-state index is -0.416. The summed E-state index contributed by atoms with van der Waals surface area (Å²) in [6.45, 7) is 2.12. The summed E-state index contributed by atoms with van der Waals surface area (Å²) < 4.78 is 17.4. The second kappa shape index (κ2) is 10.9. The fraction of sp³-hybridized carbons (Fsp3) is 0.423. The molecule has 4 rings (SSSR count). The molecule has 2 amide bonds. The van der Waals surface area contributed by atoms with E-state index in [0.29, 0.717) is 72.9 Å². The number of likely N-dealkylation sites (N-methyl/N-ethyl adjacent to an activating group) is 1. The summed E-state index contributed by atoms with van der Waals surface area (Å²) in [4.78, 5) is 42.0. The highest BCUT2D eigenvalue weighted by atomic mass is 16.5. The predicted octanol–water partition coefficient (Wildman–Crippen LogP) is 2.66. The van der Waals surface area contributed by atoms with Gasteiger partial charge in [0.1, 0.15) is 11.5 Å². The van der Waals surface area contributed by atoms with Crippen LogP contribution in [0.3, 0.4) is 0 Å². The van der Waals surface area contributed by atoms with Crippen LogP contribution in [0.1, 0.15) is 23.2 Å². The van der Waals surface area contributed by atoms with Crippen LogP contribution < -0.4 is 20.5 Å². The van der Waals surface area contributed by atoms with Crippen molar-refractivity contribution in [3.63, 3.8) is 0 Å². The molecule has 1 N–H and O–H groups in total. The highest BCUT2D eigenvalue weighted by Crippen LogP contribution is 2.26. The number of carbonyl (C=O) groups excluding carboxylic acids is 2. The Kier molecular flexibility index (Phi) is 7.64. The Morgan fingerprint density at radius 3 is 2.33 bits per heavy atom. The smallest absolute Gasteiger partial charge is 0.419 e. The van der Waals surface area contributed by atoms with Gasteiger partial charge in [-0.1, -0.05) is 0 Å². The van der Waals surface area contributed by atoms with Crippen molar-refractivity contribution in [3.05, 3.63) is 52.5 Å². The van der Waals surface area contributed by atoms with E-state index in [1.54, 1.807) is 60.1 Å². The van der Waals surface area contributed by atoms with Crippen LogP contribution in [0.25, 0.3) is 11.1 Å². The number of methoxy groups -OCH3 is 2. The SMILES string of the molecule is COc1cc(OC)cc(C(=O)N2CCC(C(=O)Nc3ccc4oc(=O)n(CCN(C)C)c4c3)CC2)c1. The van der Waals surface area contributed by atoms with Gasteiger partial charge in [-0.05, 0) is 57.3 Å². The summed E-state index contributed by atoms with van der Waals surface area (Å²) in [5.74, 6) is 0.246. The number of piperidine rings is 1. The molecule has 1 saturated heterocycles. The lowest BCUT2D eigenvalue weighted by atomic mass is 9.95. The standard InChI is InChI=1S/C26H32N4O6/c1-28(2)11-12-30-22-15-19(5-6-23(22)36-26(30)33)27-24(31)17-7-9-29(10-8-17)25(32)18-13-20(34-3)16-21(14-18)35-4/h5-6,13-17H,7-12H2,1-4H3,(H,27,31). The fourth-order valence-corrected chi connectivity index (χ4v) is 4.35. The Balaban J connectivity index is 1.39. The van der Waals surface area contributed by atoms with Crippen molar-refractivity contribution in [2.24, 2.45) is 5.92 Å². The molecule has 0 saturated carbocycles. The average Bonchev–Trinajstić information content (AvgIpc) is 3.20. The molecular weight excluding hydrogens is 464 g/mol. The number of likely N-dealkylation sites (tertiary alicyclic amines) is 1. The van der Waals surface area contributed by atoms with E-state index in [2.05, 4.69) is 5.32 Å². The number of hydrogen-bond donors (Lipinski definition) is 1. The number of rotatable bonds is 8. The molecule has 2 heterocycles. The summed E-state index contributed by atoms with van der Waals surface area (Å²) in [5.41, 5.74) is 2.23. The van der Waals surface area contributed by atoms with Gasteiger partial charge in [-0.25, -0.2) is 4.79 Å². The van der Waals surface area contributed by atoms with E-state index in [1.165, 1.54) is 0 Å². The number of nitrogens with zero attached hydrogens (tertiary/aromatic N) is 3. The van der Waals surface area contributed by atoms with E-state index in [0.717, 1.165) is 0 Å². The Morgan fingerprint density at radius 1 is 1.06 bits per heavy atom. The zero-order valence-electron chi connectivity index (χ0n) is 21.1. The lowest BCUT2D eigenvalue weighted by molar-refractivity contribution is -0.121. The predicted molar refractivity (Wildman–Crippen MR) is 136 cm³/mol. The van der Waals surface area contributed by atoms with Crippen LogP contribution >= 0.6 is 0 Å². The number of benzene rings is 2. The molecule has 1 aliphatic rings. The molecule has 1 fully saturated rings. The van der Waals surface area contributed by atoms with Crippen molar-refractivity contribution in [1.82, 2.24) is 14.4 Å². The van der Waals surface area contributed by atoms with Gasteiger partial charge >= 0.3 is 5.76 Å². The Labute approximate surface area is 209 Å². The monoisotopic (exact) mass is 496 g/mol. The second-order valence-electron chi connectivity index (χ2n) is 9.16. The van der Waals surface area contributed by atoms with Crippen LogP contribution in [0, 0.1) is 5.92 Å². The minimum Gasteiger partial charge on any atom is -0.497 e. The average molecular weight is 497 g/mol. The summed E-state index contributed by atoms with van der Waals surface area (Å²) in [6.07, 6.45) is 1.11. The normalized spacial score (nSPS) is 14.3. The van der Waals surface area contributed by atoms with Crippen LogP contribution in [0.15, 0.2) is 45.6 Å². The van der Waals surface area contributed by atoms with E-state index in [1.807, 2.05) is 19.0 Å². The molecule has 0 bridgehead atoms. The van der Waals surface area contributed by atoms with Gasteiger partial charge in [-0.15, -0.1) is 0 Å². The van der Waals surface area contributed by atoms with Crippen LogP contribution in [0.2, 0.25) is 0 Å². The summed E-state index contributed by atoms with van der Waals surface area (Å²) in [5, 5.41) is 2.97. The molecule has 36 heavy (non-hydrogen) atoms. The molecule has 0 radical (unpaired) electrons. The molecule has 2 aromatic carbocycles. The fourth-order valence-electron chi connectivity index (χ4n) is 4.35. The summed E-state index contributed by atoms with van der Waals surface area (Å²) in [7, 11) is 6.96. The highest BCUT2D eigenvalue weighted by Gasteiger charge is 2.28. The molecule has 0 atom stereocenters. The minimum absolute atomic E-state index is 0.102. The molecule has 3 aromatic rings. The number of fused-ring (bicyclic) bond motifs is 1. The van der Waals surface area contributed by atoms with E-state index in [-0.39, 0.29) is 17.7 Å². The van der Waals surface area contributed by atoms with E-state index < -0.39 is 5.76 Å². The summed E-state index contributed by atoms with van der Waals surface area (Å²) >= 11 is 0. The number of amides is 2.